The van der Waals surface area contributed by atoms with Crippen molar-refractivity contribution < 1.29 is 4.39 Å². The molecule has 0 aromatic heterocycles. The third-order valence-corrected chi connectivity index (χ3v) is 5.26. The quantitative estimate of drug-likeness (QED) is 0.500. The number of hydrogen-bond acceptors (Lipinski definition) is 0. The summed E-state index contributed by atoms with van der Waals surface area (Å²) < 4.78 is 13.4. The van der Waals surface area contributed by atoms with Gasteiger partial charge in [0, 0.05) is 0 Å². The van der Waals surface area contributed by atoms with Crippen LogP contribution in [0.4, 0.5) is 4.39 Å². The molecule has 0 saturated heterocycles. The summed E-state index contributed by atoms with van der Waals surface area (Å²) in [5.41, 5.74) is 0.627. The maximum absolute atomic E-state index is 13.4. The molecule has 6 unspecified atom stereocenters. The summed E-state index contributed by atoms with van der Waals surface area (Å²) in [5.74, 6) is 3.10. The van der Waals surface area contributed by atoms with Gasteiger partial charge < -0.3 is 0 Å². The summed E-state index contributed by atoms with van der Waals surface area (Å²) in [6, 6.07) is 0. The Balaban J connectivity index is 1.79. The van der Waals surface area contributed by atoms with E-state index in [-0.39, 0.29) is 0 Å². The molecule has 1 heteroatoms. The maximum Gasteiger partial charge on any atom is 0.101 e. The van der Waals surface area contributed by atoms with Gasteiger partial charge in [-0.3, -0.25) is 0 Å². The average Bonchev–Trinajstić information content (AvgIpc) is 2.56. The molecule has 3 fully saturated rings. The van der Waals surface area contributed by atoms with Crippen LogP contribution in [-0.2, 0) is 0 Å². The molecule has 70 valence electrons. The topological polar surface area (TPSA) is 0 Å². The number of hydrogen-bond donors (Lipinski definition) is 0. The zero-order chi connectivity index (χ0) is 8.63. The van der Waals surface area contributed by atoms with Gasteiger partial charge in [0.05, 0.1) is 0 Å². The number of rotatable bonds is 0. The highest BCUT2D eigenvalue weighted by Gasteiger charge is 2.70. The molecule has 3 saturated carbocycles. The molecular weight excluding hydrogens is 163 g/mol. The number of halogens is 1. The monoisotopic (exact) mass is 178 g/mol. The molecule has 4 aliphatic rings. The molecule has 4 rings (SSSR count). The van der Waals surface area contributed by atoms with Gasteiger partial charge in [-0.15, -0.1) is 0 Å². The lowest BCUT2D eigenvalue weighted by molar-refractivity contribution is 0.120. The van der Waals surface area contributed by atoms with Gasteiger partial charge in [-0.05, 0) is 54.8 Å². The number of alkyl halides is 1. The first kappa shape index (κ1) is 7.03. The van der Waals surface area contributed by atoms with E-state index in [9.17, 15) is 4.39 Å². The lowest BCUT2D eigenvalue weighted by atomic mass is 9.71. The molecule has 0 heterocycles. The molecule has 1 spiro atoms. The van der Waals surface area contributed by atoms with Gasteiger partial charge in [0.1, 0.15) is 6.17 Å². The lowest BCUT2D eigenvalue weighted by Crippen LogP contribution is -2.30. The van der Waals surface area contributed by atoms with E-state index < -0.39 is 6.17 Å². The van der Waals surface area contributed by atoms with Gasteiger partial charge in [0.2, 0.25) is 0 Å². The molecule has 2 bridgehead atoms. The van der Waals surface area contributed by atoms with E-state index in [1.165, 1.54) is 12.8 Å². The summed E-state index contributed by atoms with van der Waals surface area (Å²) in [7, 11) is 0. The SMILES string of the molecule is FC1CC2CC23C2C=CC(C2)C3C1. The van der Waals surface area contributed by atoms with E-state index >= 15 is 0 Å². The standard InChI is InChI=1S/C12H15F/c13-10-4-9-6-12(9)8-2-1-7(3-8)11(12)5-10/h1-2,7-11H,3-6H2. The fourth-order valence-corrected chi connectivity index (χ4v) is 4.75. The highest BCUT2D eigenvalue weighted by atomic mass is 19.1. The molecule has 0 aromatic rings. The first-order valence-electron chi connectivity index (χ1n) is 5.63. The van der Waals surface area contributed by atoms with Crippen molar-refractivity contribution in [1.82, 2.24) is 0 Å². The second-order valence-corrected chi connectivity index (χ2v) is 5.58. The van der Waals surface area contributed by atoms with Crippen molar-refractivity contribution in [3.63, 3.8) is 0 Å². The first-order chi connectivity index (χ1) is 6.30. The van der Waals surface area contributed by atoms with Crippen molar-refractivity contribution in [1.29, 1.82) is 0 Å². The minimum atomic E-state index is -0.474. The van der Waals surface area contributed by atoms with E-state index in [4.69, 9.17) is 0 Å². The van der Waals surface area contributed by atoms with Crippen LogP contribution < -0.4 is 0 Å². The van der Waals surface area contributed by atoms with Gasteiger partial charge in [0.25, 0.3) is 0 Å². The number of fused-ring (bicyclic) bond motifs is 3. The zero-order valence-electron chi connectivity index (χ0n) is 7.75. The molecule has 0 radical (unpaired) electrons. The summed E-state index contributed by atoms with van der Waals surface area (Å²) in [4.78, 5) is 0. The molecule has 0 aliphatic heterocycles. The molecule has 13 heavy (non-hydrogen) atoms. The predicted octanol–water partition coefficient (Wildman–Crippen LogP) is 2.95. The Morgan fingerprint density at radius 3 is 3.00 bits per heavy atom. The molecule has 0 aromatic carbocycles. The fourth-order valence-electron chi connectivity index (χ4n) is 4.75. The average molecular weight is 178 g/mol. The van der Waals surface area contributed by atoms with Crippen molar-refractivity contribution in [3.05, 3.63) is 12.2 Å². The van der Waals surface area contributed by atoms with Crippen molar-refractivity contribution in [2.75, 3.05) is 0 Å². The van der Waals surface area contributed by atoms with Crippen molar-refractivity contribution >= 4 is 0 Å². The minimum Gasteiger partial charge on any atom is -0.247 e. The third-order valence-electron chi connectivity index (χ3n) is 5.26. The van der Waals surface area contributed by atoms with E-state index in [2.05, 4.69) is 12.2 Å². The summed E-state index contributed by atoms with van der Waals surface area (Å²) in [6.07, 6.45) is 8.79. The molecular formula is C12H15F. The van der Waals surface area contributed by atoms with Crippen LogP contribution >= 0.6 is 0 Å². The largest absolute Gasteiger partial charge is 0.247 e. The summed E-state index contributed by atoms with van der Waals surface area (Å²) >= 11 is 0. The van der Waals surface area contributed by atoms with Crippen molar-refractivity contribution in [3.8, 4) is 0 Å². The Hall–Kier alpha value is -0.330. The van der Waals surface area contributed by atoms with E-state index in [1.807, 2.05) is 0 Å². The Bertz CT molecular complexity index is 295. The van der Waals surface area contributed by atoms with Crippen molar-refractivity contribution in [2.24, 2.45) is 29.1 Å². The van der Waals surface area contributed by atoms with Crippen LogP contribution in [0.5, 0.6) is 0 Å². The van der Waals surface area contributed by atoms with E-state index in [0.717, 1.165) is 36.5 Å². The Labute approximate surface area is 78.2 Å². The third kappa shape index (κ3) is 0.628. The molecule has 0 N–H and O–H groups in total. The number of allylic oxidation sites excluding steroid dienone is 2. The van der Waals surface area contributed by atoms with Crippen LogP contribution in [0.2, 0.25) is 0 Å². The van der Waals surface area contributed by atoms with Crippen molar-refractivity contribution in [2.45, 2.75) is 31.9 Å². The lowest BCUT2D eigenvalue weighted by Gasteiger charge is -2.34. The van der Waals surface area contributed by atoms with Crippen LogP contribution in [0.25, 0.3) is 0 Å². The van der Waals surface area contributed by atoms with Crippen LogP contribution in [0.15, 0.2) is 12.2 Å². The van der Waals surface area contributed by atoms with Gasteiger partial charge in [0.15, 0.2) is 0 Å². The molecule has 0 amide bonds. The van der Waals surface area contributed by atoms with Gasteiger partial charge >= 0.3 is 0 Å². The molecule has 4 aliphatic carbocycles. The summed E-state index contributed by atoms with van der Waals surface area (Å²) in [6.45, 7) is 0. The fraction of sp³-hybridized carbons (Fsp3) is 0.833. The van der Waals surface area contributed by atoms with Gasteiger partial charge in [-0.25, -0.2) is 4.39 Å². The highest BCUT2D eigenvalue weighted by Crippen LogP contribution is 2.76. The smallest absolute Gasteiger partial charge is 0.101 e. The Morgan fingerprint density at radius 1 is 1.15 bits per heavy atom. The predicted molar refractivity (Wildman–Crippen MR) is 48.9 cm³/mol. The highest BCUT2D eigenvalue weighted by molar-refractivity contribution is 5.28. The Kier molecular flexibility index (Phi) is 1.01. The zero-order valence-corrected chi connectivity index (χ0v) is 7.75. The normalized spacial score (nSPS) is 66.4. The van der Waals surface area contributed by atoms with Crippen LogP contribution in [0.3, 0.4) is 0 Å². The van der Waals surface area contributed by atoms with Gasteiger partial charge in [-0.2, -0.15) is 0 Å². The van der Waals surface area contributed by atoms with Gasteiger partial charge in [-0.1, -0.05) is 12.2 Å². The van der Waals surface area contributed by atoms with E-state index in [1.54, 1.807) is 0 Å². The summed E-state index contributed by atoms with van der Waals surface area (Å²) in [5, 5.41) is 0. The van der Waals surface area contributed by atoms with E-state index in [0.29, 0.717) is 5.41 Å². The molecule has 0 nitrogen and oxygen atoms in total. The first-order valence-corrected chi connectivity index (χ1v) is 5.63. The van der Waals surface area contributed by atoms with Crippen LogP contribution in [0.1, 0.15) is 25.7 Å². The second-order valence-electron chi connectivity index (χ2n) is 5.58. The van der Waals surface area contributed by atoms with Crippen LogP contribution in [0, 0.1) is 29.1 Å². The molecule has 6 atom stereocenters. The Morgan fingerprint density at radius 2 is 2.08 bits per heavy atom. The van der Waals surface area contributed by atoms with Crippen LogP contribution in [-0.4, -0.2) is 6.17 Å². The maximum atomic E-state index is 13.4. The second kappa shape index (κ2) is 1.87. The minimum absolute atomic E-state index is 0.474.